The molecule has 1 saturated carbocycles. The zero-order valence-electron chi connectivity index (χ0n) is 9.32. The minimum atomic E-state index is -0.0672. The quantitative estimate of drug-likeness (QED) is 0.661. The molecule has 78 valence electrons. The predicted molar refractivity (Wildman–Crippen MR) is 57.7 cm³/mol. The van der Waals surface area contributed by atoms with Crippen molar-refractivity contribution in [2.75, 3.05) is 13.1 Å². The average molecular weight is 184 g/mol. The summed E-state index contributed by atoms with van der Waals surface area (Å²) in [5.74, 6) is 0. The third-order valence-electron chi connectivity index (χ3n) is 2.82. The number of nitrogens with one attached hydrogen (secondary N) is 1. The maximum absolute atomic E-state index is 5.90. The van der Waals surface area contributed by atoms with Crippen LogP contribution in [0, 0.1) is 5.41 Å². The Bertz CT molecular complexity index is 154. The number of hydrogen-bond donors (Lipinski definition) is 2. The van der Waals surface area contributed by atoms with Crippen LogP contribution in [0.5, 0.6) is 0 Å². The van der Waals surface area contributed by atoms with Crippen LogP contribution in [-0.4, -0.2) is 18.6 Å². The van der Waals surface area contributed by atoms with Gasteiger partial charge in [-0.3, -0.25) is 0 Å². The fourth-order valence-corrected chi connectivity index (χ4v) is 1.87. The van der Waals surface area contributed by atoms with Crippen molar-refractivity contribution in [3.8, 4) is 0 Å². The monoisotopic (exact) mass is 184 g/mol. The maximum Gasteiger partial charge on any atom is 0.0223 e. The lowest BCUT2D eigenvalue weighted by molar-refractivity contribution is 0.385. The Labute approximate surface area is 82.3 Å². The third-order valence-corrected chi connectivity index (χ3v) is 2.82. The highest BCUT2D eigenvalue weighted by Crippen LogP contribution is 2.48. The van der Waals surface area contributed by atoms with Gasteiger partial charge in [0.15, 0.2) is 0 Å². The van der Waals surface area contributed by atoms with E-state index < -0.39 is 0 Å². The second-order valence-electron chi connectivity index (χ2n) is 5.34. The smallest absolute Gasteiger partial charge is 0.0223 e. The zero-order chi connectivity index (χ0) is 9.95. The van der Waals surface area contributed by atoms with Gasteiger partial charge in [-0.25, -0.2) is 0 Å². The molecule has 13 heavy (non-hydrogen) atoms. The molecular weight excluding hydrogens is 160 g/mol. The lowest BCUT2D eigenvalue weighted by Gasteiger charge is -2.22. The van der Waals surface area contributed by atoms with Crippen molar-refractivity contribution in [3.63, 3.8) is 0 Å². The summed E-state index contributed by atoms with van der Waals surface area (Å²) in [6.45, 7) is 8.51. The van der Waals surface area contributed by atoms with Crippen LogP contribution in [0.4, 0.5) is 0 Å². The molecule has 1 fully saturated rings. The molecule has 0 unspecified atom stereocenters. The van der Waals surface area contributed by atoms with E-state index in [4.69, 9.17) is 5.73 Å². The van der Waals surface area contributed by atoms with Crippen LogP contribution >= 0.6 is 0 Å². The molecule has 0 saturated heterocycles. The molecule has 1 aliphatic carbocycles. The van der Waals surface area contributed by atoms with Gasteiger partial charge in [0.05, 0.1) is 0 Å². The molecule has 0 radical (unpaired) electrons. The van der Waals surface area contributed by atoms with Crippen LogP contribution in [0.3, 0.4) is 0 Å². The van der Waals surface area contributed by atoms with Crippen LogP contribution in [0.1, 0.15) is 46.5 Å². The number of nitrogens with two attached hydrogens (primary N) is 1. The van der Waals surface area contributed by atoms with E-state index in [2.05, 4.69) is 26.1 Å². The Hall–Kier alpha value is -0.0800. The van der Waals surface area contributed by atoms with Gasteiger partial charge in [0, 0.05) is 18.6 Å². The Morgan fingerprint density at radius 3 is 2.38 bits per heavy atom. The summed E-state index contributed by atoms with van der Waals surface area (Å²) in [6.07, 6.45) is 5.52. The standard InChI is InChI=1S/C11H24N2/c1-4-5-11(6-7-11)9-13-8-10(2,3)12/h13H,4-9,12H2,1-3H3. The normalized spacial score (nSPS) is 20.3. The van der Waals surface area contributed by atoms with E-state index in [1.165, 1.54) is 32.2 Å². The molecule has 0 aromatic heterocycles. The first kappa shape index (κ1) is 11.0. The first-order valence-electron chi connectivity index (χ1n) is 5.47. The lowest BCUT2D eigenvalue weighted by atomic mass is 10.00. The second-order valence-corrected chi connectivity index (χ2v) is 5.34. The summed E-state index contributed by atoms with van der Waals surface area (Å²) in [5.41, 5.74) is 6.48. The largest absolute Gasteiger partial charge is 0.324 e. The van der Waals surface area contributed by atoms with Crippen LogP contribution in [0.25, 0.3) is 0 Å². The Morgan fingerprint density at radius 1 is 1.38 bits per heavy atom. The van der Waals surface area contributed by atoms with Crippen molar-refractivity contribution in [1.29, 1.82) is 0 Å². The van der Waals surface area contributed by atoms with E-state index in [0.717, 1.165) is 6.54 Å². The molecule has 0 atom stereocenters. The number of rotatable bonds is 6. The fourth-order valence-electron chi connectivity index (χ4n) is 1.87. The minimum Gasteiger partial charge on any atom is -0.324 e. The van der Waals surface area contributed by atoms with E-state index in [0.29, 0.717) is 5.41 Å². The van der Waals surface area contributed by atoms with Gasteiger partial charge in [0.2, 0.25) is 0 Å². The van der Waals surface area contributed by atoms with Gasteiger partial charge in [-0.15, -0.1) is 0 Å². The molecule has 2 heteroatoms. The van der Waals surface area contributed by atoms with E-state index >= 15 is 0 Å². The molecule has 0 aromatic rings. The third kappa shape index (κ3) is 4.10. The average Bonchev–Trinajstić information content (AvgIpc) is 2.67. The van der Waals surface area contributed by atoms with Crippen molar-refractivity contribution in [2.45, 2.75) is 52.0 Å². The van der Waals surface area contributed by atoms with Gasteiger partial charge < -0.3 is 11.1 Å². The Kier molecular flexibility index (Phi) is 3.36. The first-order valence-corrected chi connectivity index (χ1v) is 5.47. The maximum atomic E-state index is 5.90. The molecule has 3 N–H and O–H groups in total. The van der Waals surface area contributed by atoms with E-state index in [9.17, 15) is 0 Å². The second kappa shape index (κ2) is 3.97. The SMILES string of the molecule is CCCC1(CNCC(C)(C)N)CC1. The highest BCUT2D eigenvalue weighted by Gasteiger charge is 2.40. The molecule has 0 spiro atoms. The van der Waals surface area contributed by atoms with Gasteiger partial charge in [-0.1, -0.05) is 13.3 Å². The van der Waals surface area contributed by atoms with Crippen LogP contribution in [0.2, 0.25) is 0 Å². The van der Waals surface area contributed by atoms with Crippen LogP contribution in [0.15, 0.2) is 0 Å². The Balaban J connectivity index is 2.12. The predicted octanol–water partition coefficient (Wildman–Crippen LogP) is 1.89. The summed E-state index contributed by atoms with van der Waals surface area (Å²) >= 11 is 0. The minimum absolute atomic E-state index is 0.0672. The van der Waals surface area contributed by atoms with Gasteiger partial charge in [0.25, 0.3) is 0 Å². The highest BCUT2D eigenvalue weighted by molar-refractivity contribution is 4.94. The molecule has 0 aliphatic heterocycles. The van der Waals surface area contributed by atoms with Gasteiger partial charge in [-0.05, 0) is 38.5 Å². The highest BCUT2D eigenvalue weighted by atomic mass is 14.9. The first-order chi connectivity index (χ1) is 5.97. The Morgan fingerprint density at radius 2 is 2.00 bits per heavy atom. The molecule has 2 nitrogen and oxygen atoms in total. The van der Waals surface area contributed by atoms with Crippen molar-refractivity contribution < 1.29 is 0 Å². The molecule has 0 heterocycles. The van der Waals surface area contributed by atoms with Crippen molar-refractivity contribution >= 4 is 0 Å². The van der Waals surface area contributed by atoms with E-state index in [1.807, 2.05) is 0 Å². The molecule has 1 rings (SSSR count). The summed E-state index contributed by atoms with van der Waals surface area (Å²) < 4.78 is 0. The molecular formula is C11H24N2. The summed E-state index contributed by atoms with van der Waals surface area (Å²) in [6, 6.07) is 0. The molecule has 1 aliphatic rings. The lowest BCUT2D eigenvalue weighted by Crippen LogP contribution is -2.44. The summed E-state index contributed by atoms with van der Waals surface area (Å²) in [7, 11) is 0. The molecule has 0 aromatic carbocycles. The van der Waals surface area contributed by atoms with Crippen LogP contribution in [-0.2, 0) is 0 Å². The fraction of sp³-hybridized carbons (Fsp3) is 1.00. The van der Waals surface area contributed by atoms with Gasteiger partial charge in [-0.2, -0.15) is 0 Å². The van der Waals surface area contributed by atoms with Crippen molar-refractivity contribution in [2.24, 2.45) is 11.1 Å². The van der Waals surface area contributed by atoms with Crippen molar-refractivity contribution in [3.05, 3.63) is 0 Å². The van der Waals surface area contributed by atoms with E-state index in [1.54, 1.807) is 0 Å². The molecule has 0 amide bonds. The van der Waals surface area contributed by atoms with E-state index in [-0.39, 0.29) is 5.54 Å². The topological polar surface area (TPSA) is 38.0 Å². The van der Waals surface area contributed by atoms with Gasteiger partial charge >= 0.3 is 0 Å². The van der Waals surface area contributed by atoms with Crippen LogP contribution < -0.4 is 11.1 Å². The van der Waals surface area contributed by atoms with Crippen molar-refractivity contribution in [1.82, 2.24) is 5.32 Å². The van der Waals surface area contributed by atoms with Gasteiger partial charge in [0.1, 0.15) is 0 Å². The summed E-state index contributed by atoms with van der Waals surface area (Å²) in [4.78, 5) is 0. The zero-order valence-corrected chi connectivity index (χ0v) is 9.32. The molecule has 0 bridgehead atoms. The number of hydrogen-bond acceptors (Lipinski definition) is 2. The summed E-state index contributed by atoms with van der Waals surface area (Å²) in [5, 5.41) is 3.49.